The molecule has 0 atom stereocenters. The van der Waals surface area contributed by atoms with E-state index in [-0.39, 0.29) is 5.82 Å². The molecule has 1 aliphatic rings. The number of hydrogen-bond acceptors (Lipinski definition) is 0. The number of hydrogen-bond donors (Lipinski definition) is 0. The summed E-state index contributed by atoms with van der Waals surface area (Å²) in [4.78, 5) is 0. The zero-order chi connectivity index (χ0) is 8.72. The van der Waals surface area contributed by atoms with Gasteiger partial charge in [-0.1, -0.05) is 27.6 Å². The molecule has 0 nitrogen and oxygen atoms in total. The Balaban J connectivity index is 2.62. The molecular formula is C10H6BrF. The van der Waals surface area contributed by atoms with Gasteiger partial charge in [0.05, 0.1) is 0 Å². The van der Waals surface area contributed by atoms with Crippen LogP contribution in [0.5, 0.6) is 0 Å². The highest BCUT2D eigenvalue weighted by Crippen LogP contribution is 2.32. The molecule has 0 heterocycles. The Morgan fingerprint density at radius 1 is 1.42 bits per heavy atom. The molecule has 0 saturated heterocycles. The topological polar surface area (TPSA) is 0 Å². The van der Waals surface area contributed by atoms with E-state index in [1.54, 1.807) is 0 Å². The second-order valence-corrected chi connectivity index (χ2v) is 3.66. The molecule has 0 fully saturated rings. The number of benzene rings is 1. The summed E-state index contributed by atoms with van der Waals surface area (Å²) in [6.07, 6.45) is 5.06. The molecule has 12 heavy (non-hydrogen) atoms. The fourth-order valence-electron chi connectivity index (χ4n) is 1.30. The Hall–Kier alpha value is -0.630. The van der Waals surface area contributed by atoms with Gasteiger partial charge >= 0.3 is 0 Å². The lowest BCUT2D eigenvalue weighted by Crippen LogP contribution is -1.84. The van der Waals surface area contributed by atoms with Crippen molar-refractivity contribution in [3.8, 4) is 0 Å². The third-order valence-corrected chi connectivity index (χ3v) is 2.44. The molecule has 0 amide bonds. The molecule has 2 radical (unpaired) electrons. The fraction of sp³-hybridized carbons (Fsp3) is 0.100. The maximum Gasteiger partial charge on any atom is 0.124 e. The van der Waals surface area contributed by atoms with Crippen molar-refractivity contribution in [1.82, 2.24) is 0 Å². The van der Waals surface area contributed by atoms with E-state index in [0.29, 0.717) is 0 Å². The van der Waals surface area contributed by atoms with Crippen LogP contribution in [-0.4, -0.2) is 0 Å². The van der Waals surface area contributed by atoms with E-state index in [1.165, 1.54) is 12.1 Å². The van der Waals surface area contributed by atoms with E-state index < -0.39 is 0 Å². The Bertz CT molecular complexity index is 366. The van der Waals surface area contributed by atoms with Crippen LogP contribution in [-0.2, 0) is 0 Å². The van der Waals surface area contributed by atoms with Crippen molar-refractivity contribution < 1.29 is 4.39 Å². The van der Waals surface area contributed by atoms with Gasteiger partial charge in [-0.05, 0) is 30.2 Å². The van der Waals surface area contributed by atoms with E-state index in [0.717, 1.165) is 21.2 Å². The standard InChI is InChI=1S/C10H6BrF/c1-6-2-7-4-8(12)5-10(11)9(7)3-6/h3-5H,1H3. The van der Waals surface area contributed by atoms with Crippen LogP contribution < -0.4 is 0 Å². The van der Waals surface area contributed by atoms with Crippen molar-refractivity contribution >= 4 is 22.0 Å². The van der Waals surface area contributed by atoms with Crippen molar-refractivity contribution in [2.75, 3.05) is 0 Å². The molecule has 0 bridgehead atoms. The van der Waals surface area contributed by atoms with E-state index >= 15 is 0 Å². The molecule has 0 unspecified atom stereocenters. The Labute approximate surface area is 79.2 Å². The van der Waals surface area contributed by atoms with Gasteiger partial charge in [0.25, 0.3) is 0 Å². The van der Waals surface area contributed by atoms with E-state index in [2.05, 4.69) is 22.4 Å². The lowest BCUT2D eigenvalue weighted by atomic mass is 10.1. The summed E-state index contributed by atoms with van der Waals surface area (Å²) in [6.45, 7) is 1.95. The molecule has 1 aromatic rings. The first-order chi connectivity index (χ1) is 5.66. The number of rotatable bonds is 0. The largest absolute Gasteiger partial charge is 0.207 e. The van der Waals surface area contributed by atoms with Gasteiger partial charge in [0.2, 0.25) is 0 Å². The van der Waals surface area contributed by atoms with Crippen LogP contribution in [0.4, 0.5) is 4.39 Å². The zero-order valence-electron chi connectivity index (χ0n) is 6.49. The summed E-state index contributed by atoms with van der Waals surface area (Å²) in [5.74, 6) is -0.226. The first kappa shape index (κ1) is 7.99. The van der Waals surface area contributed by atoms with Crippen LogP contribution in [0.2, 0.25) is 0 Å². The Morgan fingerprint density at radius 2 is 2.17 bits per heavy atom. The minimum Gasteiger partial charge on any atom is -0.207 e. The van der Waals surface area contributed by atoms with Crippen molar-refractivity contribution in [3.05, 3.63) is 45.5 Å². The highest BCUT2D eigenvalue weighted by molar-refractivity contribution is 9.10. The molecule has 1 aromatic carbocycles. The molecule has 0 N–H and O–H groups in total. The monoisotopic (exact) mass is 224 g/mol. The third-order valence-electron chi connectivity index (χ3n) is 1.79. The summed E-state index contributed by atoms with van der Waals surface area (Å²) in [5, 5.41) is 0. The minimum atomic E-state index is -0.226. The average molecular weight is 225 g/mol. The molecular weight excluding hydrogens is 219 g/mol. The summed E-state index contributed by atoms with van der Waals surface area (Å²) in [7, 11) is 0. The smallest absolute Gasteiger partial charge is 0.124 e. The van der Waals surface area contributed by atoms with Crippen LogP contribution in [0.15, 0.2) is 22.2 Å². The third kappa shape index (κ3) is 1.20. The Morgan fingerprint density at radius 3 is 2.92 bits per heavy atom. The van der Waals surface area contributed by atoms with Crippen molar-refractivity contribution in [2.24, 2.45) is 0 Å². The molecule has 0 spiro atoms. The number of fused-ring (bicyclic) bond motifs is 1. The maximum atomic E-state index is 12.9. The van der Waals surface area contributed by atoms with Gasteiger partial charge in [0.1, 0.15) is 5.82 Å². The quantitative estimate of drug-likeness (QED) is 0.634. The fourth-order valence-corrected chi connectivity index (χ4v) is 1.85. The molecule has 2 rings (SSSR count). The highest BCUT2D eigenvalue weighted by atomic mass is 79.9. The Kier molecular flexibility index (Phi) is 1.80. The predicted octanol–water partition coefficient (Wildman–Crippen LogP) is 3.43. The maximum absolute atomic E-state index is 12.9. The number of allylic oxidation sites excluding steroid dienone is 1. The second kappa shape index (κ2) is 2.70. The van der Waals surface area contributed by atoms with Crippen LogP contribution in [0, 0.1) is 12.2 Å². The van der Waals surface area contributed by atoms with Gasteiger partial charge in [-0.15, -0.1) is 0 Å². The van der Waals surface area contributed by atoms with Crippen LogP contribution >= 0.6 is 15.9 Å². The van der Waals surface area contributed by atoms with Crippen molar-refractivity contribution in [1.29, 1.82) is 0 Å². The SMILES string of the molecule is CC1=Cc2c(Br)cc(F)cc2[C]1. The lowest BCUT2D eigenvalue weighted by Gasteiger charge is -2.00. The normalized spacial score (nSPS) is 14.4. The highest BCUT2D eigenvalue weighted by Gasteiger charge is 2.14. The van der Waals surface area contributed by atoms with Gasteiger partial charge < -0.3 is 0 Å². The average Bonchev–Trinajstić information content (AvgIpc) is 2.29. The molecule has 1 aliphatic carbocycles. The predicted molar refractivity (Wildman–Crippen MR) is 50.1 cm³/mol. The first-order valence-corrected chi connectivity index (χ1v) is 4.40. The van der Waals surface area contributed by atoms with Gasteiger partial charge in [0.15, 0.2) is 0 Å². The second-order valence-electron chi connectivity index (χ2n) is 2.80. The summed E-state index contributed by atoms with van der Waals surface area (Å²) in [5.41, 5.74) is 2.89. The van der Waals surface area contributed by atoms with Crippen LogP contribution in [0.25, 0.3) is 6.08 Å². The summed E-state index contributed by atoms with van der Waals surface area (Å²) < 4.78 is 13.7. The molecule has 60 valence electrons. The summed E-state index contributed by atoms with van der Waals surface area (Å²) in [6, 6.07) is 2.96. The number of halogens is 2. The minimum absolute atomic E-state index is 0.226. The van der Waals surface area contributed by atoms with Gasteiger partial charge in [-0.25, -0.2) is 4.39 Å². The van der Waals surface area contributed by atoms with Gasteiger partial charge in [-0.3, -0.25) is 0 Å². The van der Waals surface area contributed by atoms with Crippen molar-refractivity contribution in [2.45, 2.75) is 6.92 Å². The summed E-state index contributed by atoms with van der Waals surface area (Å²) >= 11 is 3.30. The zero-order valence-corrected chi connectivity index (χ0v) is 8.07. The van der Waals surface area contributed by atoms with E-state index in [9.17, 15) is 4.39 Å². The molecule has 0 aromatic heterocycles. The van der Waals surface area contributed by atoms with Crippen molar-refractivity contribution in [3.63, 3.8) is 0 Å². The van der Waals surface area contributed by atoms with Crippen LogP contribution in [0.3, 0.4) is 0 Å². The van der Waals surface area contributed by atoms with E-state index in [4.69, 9.17) is 0 Å². The first-order valence-electron chi connectivity index (χ1n) is 3.61. The molecule has 2 heteroatoms. The lowest BCUT2D eigenvalue weighted by molar-refractivity contribution is 0.626. The molecule has 0 aliphatic heterocycles. The van der Waals surface area contributed by atoms with Gasteiger partial charge in [0, 0.05) is 10.9 Å². The molecule has 0 saturated carbocycles. The van der Waals surface area contributed by atoms with Crippen LogP contribution in [0.1, 0.15) is 18.1 Å². The van der Waals surface area contributed by atoms with Gasteiger partial charge in [-0.2, -0.15) is 0 Å². The van der Waals surface area contributed by atoms with E-state index in [1.807, 2.05) is 13.0 Å².